The third-order valence-electron chi connectivity index (χ3n) is 2.76. The molecule has 20 heavy (non-hydrogen) atoms. The van der Waals surface area contributed by atoms with Gasteiger partial charge in [-0.3, -0.25) is 10.1 Å². The molecule has 2 N–H and O–H groups in total. The molecule has 7 heteroatoms. The van der Waals surface area contributed by atoms with Crippen LogP contribution in [-0.4, -0.2) is 35.3 Å². The summed E-state index contributed by atoms with van der Waals surface area (Å²) in [6, 6.07) is 5.59. The van der Waals surface area contributed by atoms with Crippen molar-refractivity contribution in [2.45, 2.75) is 12.8 Å². The molecule has 7 nitrogen and oxygen atoms in total. The fourth-order valence-electron chi connectivity index (χ4n) is 1.75. The number of hydrogen-bond donors (Lipinski definition) is 2. The first kappa shape index (κ1) is 13.9. The van der Waals surface area contributed by atoms with Crippen LogP contribution in [-0.2, 0) is 11.2 Å². The molecule has 0 bridgehead atoms. The monoisotopic (exact) mass is 276 g/mol. The molecule has 0 atom stereocenters. The molecule has 0 saturated heterocycles. The molecular weight excluding hydrogens is 260 g/mol. The summed E-state index contributed by atoms with van der Waals surface area (Å²) in [6.07, 6.45) is 2.28. The van der Waals surface area contributed by atoms with Crippen molar-refractivity contribution in [2.24, 2.45) is 0 Å². The summed E-state index contributed by atoms with van der Waals surface area (Å²) in [5, 5.41) is 8.84. The van der Waals surface area contributed by atoms with Crippen molar-refractivity contribution in [1.82, 2.24) is 15.2 Å². The average Bonchev–Trinajstić information content (AvgIpc) is 2.97. The first-order chi connectivity index (χ1) is 9.72. The normalized spacial score (nSPS) is 10.1. The standard InChI is InChI=1S/C13H16N4O3/c1-19-10-5-3-9(7-11(10)20-2)4-6-12(18)16-13-14-8-15-17-13/h3,5,7-8H,4,6H2,1-2H3,(H2,14,15,16,17,18). The number of ether oxygens (including phenoxy) is 2. The topological polar surface area (TPSA) is 89.1 Å². The Balaban J connectivity index is 1.92. The predicted molar refractivity (Wildman–Crippen MR) is 72.9 cm³/mol. The van der Waals surface area contributed by atoms with Crippen LogP contribution in [0.3, 0.4) is 0 Å². The van der Waals surface area contributed by atoms with Gasteiger partial charge in [-0.25, -0.2) is 5.10 Å². The van der Waals surface area contributed by atoms with Gasteiger partial charge in [-0.2, -0.15) is 10.1 Å². The summed E-state index contributed by atoms with van der Waals surface area (Å²) < 4.78 is 10.4. The number of aryl methyl sites for hydroxylation is 1. The zero-order valence-corrected chi connectivity index (χ0v) is 11.3. The number of aromatic amines is 1. The van der Waals surface area contributed by atoms with Crippen molar-refractivity contribution >= 4 is 11.9 Å². The van der Waals surface area contributed by atoms with E-state index in [4.69, 9.17) is 9.47 Å². The molecule has 1 amide bonds. The molecule has 1 aromatic heterocycles. The van der Waals surface area contributed by atoms with Gasteiger partial charge in [-0.15, -0.1) is 0 Å². The molecule has 2 aromatic rings. The van der Waals surface area contributed by atoms with E-state index >= 15 is 0 Å². The van der Waals surface area contributed by atoms with Gasteiger partial charge in [-0.05, 0) is 24.1 Å². The van der Waals surface area contributed by atoms with Crippen molar-refractivity contribution in [2.75, 3.05) is 19.5 Å². The number of nitrogens with one attached hydrogen (secondary N) is 2. The second-order valence-electron chi connectivity index (χ2n) is 4.07. The highest BCUT2D eigenvalue weighted by Crippen LogP contribution is 2.27. The highest BCUT2D eigenvalue weighted by atomic mass is 16.5. The van der Waals surface area contributed by atoms with Crippen LogP contribution >= 0.6 is 0 Å². The summed E-state index contributed by atoms with van der Waals surface area (Å²) in [5.41, 5.74) is 0.996. The number of carbonyl (C=O) groups excluding carboxylic acids is 1. The van der Waals surface area contributed by atoms with Crippen LogP contribution in [0, 0.1) is 0 Å². The van der Waals surface area contributed by atoms with Gasteiger partial charge in [0.05, 0.1) is 14.2 Å². The van der Waals surface area contributed by atoms with E-state index < -0.39 is 0 Å². The number of hydrogen-bond acceptors (Lipinski definition) is 5. The van der Waals surface area contributed by atoms with Gasteiger partial charge < -0.3 is 9.47 Å². The maximum Gasteiger partial charge on any atom is 0.227 e. The molecule has 1 aromatic carbocycles. The van der Waals surface area contributed by atoms with E-state index in [9.17, 15) is 4.79 Å². The van der Waals surface area contributed by atoms with Crippen LogP contribution < -0.4 is 14.8 Å². The molecule has 2 rings (SSSR count). The zero-order valence-electron chi connectivity index (χ0n) is 11.3. The van der Waals surface area contributed by atoms with E-state index in [-0.39, 0.29) is 5.91 Å². The molecule has 0 aliphatic heterocycles. The van der Waals surface area contributed by atoms with E-state index in [0.29, 0.717) is 30.3 Å². The van der Waals surface area contributed by atoms with Gasteiger partial charge in [0.1, 0.15) is 6.33 Å². The van der Waals surface area contributed by atoms with Crippen molar-refractivity contribution in [3.8, 4) is 11.5 Å². The fraction of sp³-hybridized carbons (Fsp3) is 0.308. The van der Waals surface area contributed by atoms with Gasteiger partial charge in [0.15, 0.2) is 11.5 Å². The second kappa shape index (κ2) is 6.55. The SMILES string of the molecule is COc1ccc(CCC(=O)Nc2ncn[nH]2)cc1OC. The highest BCUT2D eigenvalue weighted by Gasteiger charge is 2.08. The van der Waals surface area contributed by atoms with Crippen molar-refractivity contribution in [3.05, 3.63) is 30.1 Å². The number of amides is 1. The molecule has 0 spiro atoms. The Bertz CT molecular complexity index is 569. The van der Waals surface area contributed by atoms with E-state index in [2.05, 4.69) is 20.5 Å². The summed E-state index contributed by atoms with van der Waals surface area (Å²) in [6.45, 7) is 0. The molecule has 0 unspecified atom stereocenters. The number of anilines is 1. The minimum atomic E-state index is -0.128. The lowest BCUT2D eigenvalue weighted by atomic mass is 10.1. The first-order valence-electron chi connectivity index (χ1n) is 6.09. The number of methoxy groups -OCH3 is 2. The van der Waals surface area contributed by atoms with Crippen LogP contribution in [0.4, 0.5) is 5.95 Å². The average molecular weight is 276 g/mol. The van der Waals surface area contributed by atoms with E-state index in [0.717, 1.165) is 5.56 Å². The fourth-order valence-corrected chi connectivity index (χ4v) is 1.75. The van der Waals surface area contributed by atoms with E-state index in [1.807, 2.05) is 18.2 Å². The number of carbonyl (C=O) groups is 1. The lowest BCUT2D eigenvalue weighted by Gasteiger charge is -2.09. The molecule has 0 aliphatic rings. The lowest BCUT2D eigenvalue weighted by molar-refractivity contribution is -0.116. The number of aromatic nitrogens is 3. The molecule has 1 heterocycles. The Kier molecular flexibility index (Phi) is 4.54. The smallest absolute Gasteiger partial charge is 0.227 e. The molecule has 0 saturated carbocycles. The van der Waals surface area contributed by atoms with Crippen LogP contribution in [0.2, 0.25) is 0 Å². The molecule has 106 valence electrons. The van der Waals surface area contributed by atoms with Crippen molar-refractivity contribution in [3.63, 3.8) is 0 Å². The zero-order chi connectivity index (χ0) is 14.4. The largest absolute Gasteiger partial charge is 0.493 e. The number of H-pyrrole nitrogens is 1. The predicted octanol–water partition coefficient (Wildman–Crippen LogP) is 1.39. The number of benzene rings is 1. The Morgan fingerprint density at radius 3 is 2.75 bits per heavy atom. The van der Waals surface area contributed by atoms with E-state index in [1.54, 1.807) is 14.2 Å². The van der Waals surface area contributed by atoms with Gasteiger partial charge in [0.2, 0.25) is 11.9 Å². The Labute approximate surface area is 116 Å². The lowest BCUT2D eigenvalue weighted by Crippen LogP contribution is -2.13. The Hall–Kier alpha value is -2.57. The third kappa shape index (κ3) is 3.47. The van der Waals surface area contributed by atoms with Gasteiger partial charge in [0.25, 0.3) is 0 Å². The van der Waals surface area contributed by atoms with Gasteiger partial charge >= 0.3 is 0 Å². The Morgan fingerprint density at radius 2 is 2.10 bits per heavy atom. The van der Waals surface area contributed by atoms with Crippen molar-refractivity contribution < 1.29 is 14.3 Å². The first-order valence-corrected chi connectivity index (χ1v) is 6.09. The minimum Gasteiger partial charge on any atom is -0.493 e. The quantitative estimate of drug-likeness (QED) is 0.832. The van der Waals surface area contributed by atoms with Crippen LogP contribution in [0.5, 0.6) is 11.5 Å². The third-order valence-corrected chi connectivity index (χ3v) is 2.76. The van der Waals surface area contributed by atoms with E-state index in [1.165, 1.54) is 6.33 Å². The highest BCUT2D eigenvalue weighted by molar-refractivity contribution is 5.88. The Morgan fingerprint density at radius 1 is 1.30 bits per heavy atom. The summed E-state index contributed by atoms with van der Waals surface area (Å²) in [7, 11) is 3.17. The summed E-state index contributed by atoms with van der Waals surface area (Å²) in [4.78, 5) is 15.5. The number of rotatable bonds is 6. The second-order valence-corrected chi connectivity index (χ2v) is 4.07. The summed E-state index contributed by atoms with van der Waals surface area (Å²) in [5.74, 6) is 1.54. The van der Waals surface area contributed by atoms with Crippen LogP contribution in [0.1, 0.15) is 12.0 Å². The number of nitrogens with zero attached hydrogens (tertiary/aromatic N) is 2. The molecule has 0 fully saturated rings. The maximum atomic E-state index is 11.7. The van der Waals surface area contributed by atoms with Gasteiger partial charge in [0, 0.05) is 6.42 Å². The van der Waals surface area contributed by atoms with Crippen LogP contribution in [0.25, 0.3) is 0 Å². The molecule has 0 radical (unpaired) electrons. The maximum absolute atomic E-state index is 11.7. The summed E-state index contributed by atoms with van der Waals surface area (Å²) >= 11 is 0. The minimum absolute atomic E-state index is 0.128. The van der Waals surface area contributed by atoms with Crippen LogP contribution in [0.15, 0.2) is 24.5 Å². The molecule has 0 aliphatic carbocycles. The molecular formula is C13H16N4O3. The van der Waals surface area contributed by atoms with Gasteiger partial charge in [-0.1, -0.05) is 6.07 Å². The van der Waals surface area contributed by atoms with Crippen molar-refractivity contribution in [1.29, 1.82) is 0 Å².